The molecule has 2 aromatic carbocycles. The number of hydrogen-bond acceptors (Lipinski definition) is 7. The predicted octanol–water partition coefficient (Wildman–Crippen LogP) is 2.26. The molecule has 0 aromatic heterocycles. The lowest BCUT2D eigenvalue weighted by atomic mass is 10.1. The van der Waals surface area contributed by atoms with Crippen molar-refractivity contribution in [2.75, 3.05) is 6.54 Å². The minimum absolute atomic E-state index is 0.0532. The summed E-state index contributed by atoms with van der Waals surface area (Å²) in [5.74, 6) is -0.845. The molecule has 0 unspecified atom stereocenters. The highest BCUT2D eigenvalue weighted by atomic mass is 16.6. The summed E-state index contributed by atoms with van der Waals surface area (Å²) >= 11 is 0. The lowest BCUT2D eigenvalue weighted by Crippen LogP contribution is -2.44. The average molecular weight is 411 g/mol. The normalized spacial score (nSPS) is 15.9. The number of nitro benzene ring substituents is 2. The Morgan fingerprint density at radius 3 is 2.13 bits per heavy atom. The molecule has 154 valence electrons. The number of nitrogens with zero attached hydrogens (tertiary/aromatic N) is 4. The SMILES string of the molecule is O=C(N/N=C\c1ccc([N+](=O)[O-])cc1)[C@@H]1CCCN1C(=O)c1ccc([N+](=O)[O-])cc1. The van der Waals surface area contributed by atoms with Gasteiger partial charge in [0.15, 0.2) is 0 Å². The highest BCUT2D eigenvalue weighted by Gasteiger charge is 2.34. The fourth-order valence-electron chi connectivity index (χ4n) is 3.10. The van der Waals surface area contributed by atoms with Crippen molar-refractivity contribution in [3.8, 4) is 0 Å². The molecular formula is C19H17N5O6. The van der Waals surface area contributed by atoms with Crippen LogP contribution in [0.5, 0.6) is 0 Å². The van der Waals surface area contributed by atoms with Gasteiger partial charge in [0.2, 0.25) is 0 Å². The number of hydrazone groups is 1. The number of amides is 2. The maximum atomic E-state index is 12.7. The second-order valence-corrected chi connectivity index (χ2v) is 6.54. The Kier molecular flexibility index (Phi) is 6.11. The van der Waals surface area contributed by atoms with E-state index in [2.05, 4.69) is 10.5 Å². The molecule has 11 nitrogen and oxygen atoms in total. The summed E-state index contributed by atoms with van der Waals surface area (Å²) in [7, 11) is 0. The molecule has 3 rings (SSSR count). The summed E-state index contributed by atoms with van der Waals surface area (Å²) in [5.41, 5.74) is 3.03. The van der Waals surface area contributed by atoms with Crippen LogP contribution in [0.2, 0.25) is 0 Å². The van der Waals surface area contributed by atoms with Crippen molar-refractivity contribution < 1.29 is 19.4 Å². The zero-order valence-electron chi connectivity index (χ0n) is 15.6. The van der Waals surface area contributed by atoms with Gasteiger partial charge in [-0.25, -0.2) is 5.43 Å². The lowest BCUT2D eigenvalue weighted by molar-refractivity contribution is -0.385. The number of benzene rings is 2. The second-order valence-electron chi connectivity index (χ2n) is 6.54. The molecule has 11 heteroatoms. The van der Waals surface area contributed by atoms with E-state index >= 15 is 0 Å². The minimum Gasteiger partial charge on any atom is -0.327 e. The zero-order chi connectivity index (χ0) is 21.7. The Bertz CT molecular complexity index is 1000. The van der Waals surface area contributed by atoms with Gasteiger partial charge in [-0.05, 0) is 42.7 Å². The fraction of sp³-hybridized carbons (Fsp3) is 0.211. The average Bonchev–Trinajstić information content (AvgIpc) is 3.23. The molecular weight excluding hydrogens is 394 g/mol. The molecule has 1 atom stereocenters. The monoisotopic (exact) mass is 411 g/mol. The minimum atomic E-state index is -0.707. The van der Waals surface area contributed by atoms with Crippen LogP contribution in [0.3, 0.4) is 0 Å². The van der Waals surface area contributed by atoms with E-state index in [9.17, 15) is 29.8 Å². The molecule has 1 heterocycles. The van der Waals surface area contributed by atoms with E-state index in [1.165, 1.54) is 59.6 Å². The van der Waals surface area contributed by atoms with Crippen molar-refractivity contribution in [3.05, 3.63) is 79.9 Å². The van der Waals surface area contributed by atoms with E-state index in [1.807, 2.05) is 0 Å². The van der Waals surface area contributed by atoms with Gasteiger partial charge in [-0.15, -0.1) is 0 Å². The first-order valence-corrected chi connectivity index (χ1v) is 8.99. The van der Waals surface area contributed by atoms with Crippen molar-refractivity contribution in [2.24, 2.45) is 5.10 Å². The van der Waals surface area contributed by atoms with Gasteiger partial charge in [-0.1, -0.05) is 0 Å². The number of rotatable bonds is 6. The van der Waals surface area contributed by atoms with Crippen molar-refractivity contribution in [2.45, 2.75) is 18.9 Å². The maximum absolute atomic E-state index is 12.7. The van der Waals surface area contributed by atoms with Gasteiger partial charge in [0.05, 0.1) is 16.1 Å². The molecule has 2 aromatic rings. The van der Waals surface area contributed by atoms with E-state index in [-0.39, 0.29) is 22.8 Å². The number of nitrogens with one attached hydrogen (secondary N) is 1. The molecule has 1 saturated heterocycles. The number of likely N-dealkylation sites (tertiary alicyclic amines) is 1. The van der Waals surface area contributed by atoms with Gasteiger partial charge >= 0.3 is 0 Å². The van der Waals surface area contributed by atoms with Gasteiger partial charge in [0.1, 0.15) is 6.04 Å². The van der Waals surface area contributed by atoms with Crippen LogP contribution in [-0.2, 0) is 4.79 Å². The first-order valence-electron chi connectivity index (χ1n) is 8.99. The van der Waals surface area contributed by atoms with Gasteiger partial charge < -0.3 is 4.90 Å². The Morgan fingerprint density at radius 2 is 1.57 bits per heavy atom. The van der Waals surface area contributed by atoms with E-state index < -0.39 is 21.8 Å². The first kappa shape index (κ1) is 20.6. The van der Waals surface area contributed by atoms with Crippen molar-refractivity contribution >= 4 is 29.4 Å². The number of non-ortho nitro benzene ring substituents is 2. The predicted molar refractivity (Wildman–Crippen MR) is 106 cm³/mol. The maximum Gasteiger partial charge on any atom is 0.269 e. The van der Waals surface area contributed by atoms with Crippen molar-refractivity contribution in [1.29, 1.82) is 0 Å². The number of carbonyl (C=O) groups is 2. The summed E-state index contributed by atoms with van der Waals surface area (Å²) in [6, 6.07) is 10.1. The summed E-state index contributed by atoms with van der Waals surface area (Å²) in [4.78, 5) is 46.9. The Hall–Kier alpha value is -4.15. The van der Waals surface area contributed by atoms with E-state index in [4.69, 9.17) is 0 Å². The Balaban J connectivity index is 1.62. The molecule has 2 amide bonds. The number of hydrogen-bond donors (Lipinski definition) is 1. The standard InChI is InChI=1S/C19H17N5O6/c25-18(21-20-12-13-3-7-15(8-4-13)23(27)28)17-2-1-11-22(17)19(26)14-5-9-16(10-6-14)24(29)30/h3-10,12,17H,1-2,11H2,(H,21,25)/b20-12-/t17-/m0/s1. The van der Waals surface area contributed by atoms with E-state index in [1.54, 1.807) is 0 Å². The van der Waals surface area contributed by atoms with Crippen molar-refractivity contribution in [3.63, 3.8) is 0 Å². The van der Waals surface area contributed by atoms with Crippen LogP contribution in [0.15, 0.2) is 53.6 Å². The van der Waals surface area contributed by atoms with Crippen molar-refractivity contribution in [1.82, 2.24) is 10.3 Å². The topological polar surface area (TPSA) is 148 Å². The summed E-state index contributed by atoms with van der Waals surface area (Å²) in [6.07, 6.45) is 2.46. The summed E-state index contributed by atoms with van der Waals surface area (Å²) < 4.78 is 0. The molecule has 1 N–H and O–H groups in total. The Labute approximate surface area is 170 Å². The van der Waals surface area contributed by atoms with Crippen LogP contribution >= 0.6 is 0 Å². The van der Waals surface area contributed by atoms with Crippen LogP contribution in [0.1, 0.15) is 28.8 Å². The molecule has 0 aliphatic carbocycles. The van der Waals surface area contributed by atoms with E-state index in [0.29, 0.717) is 24.9 Å². The molecule has 30 heavy (non-hydrogen) atoms. The molecule has 1 aliphatic rings. The third-order valence-electron chi connectivity index (χ3n) is 4.63. The molecule has 1 aliphatic heterocycles. The molecule has 0 spiro atoms. The van der Waals surface area contributed by atoms with Gasteiger partial charge in [-0.3, -0.25) is 29.8 Å². The highest BCUT2D eigenvalue weighted by Crippen LogP contribution is 2.21. The molecule has 1 fully saturated rings. The fourth-order valence-corrected chi connectivity index (χ4v) is 3.10. The third kappa shape index (κ3) is 4.63. The van der Waals surface area contributed by atoms with Crippen LogP contribution in [0.4, 0.5) is 11.4 Å². The number of nitro groups is 2. The van der Waals surface area contributed by atoms with Gasteiger partial charge in [-0.2, -0.15) is 5.10 Å². The molecule has 0 bridgehead atoms. The first-order chi connectivity index (χ1) is 14.4. The quantitative estimate of drug-likeness (QED) is 0.438. The largest absolute Gasteiger partial charge is 0.327 e. The number of carbonyl (C=O) groups excluding carboxylic acids is 2. The lowest BCUT2D eigenvalue weighted by Gasteiger charge is -2.23. The molecule has 0 radical (unpaired) electrons. The zero-order valence-corrected chi connectivity index (χ0v) is 15.6. The van der Waals surface area contributed by atoms with Crippen LogP contribution in [0.25, 0.3) is 0 Å². The van der Waals surface area contributed by atoms with Gasteiger partial charge in [0.25, 0.3) is 23.2 Å². The van der Waals surface area contributed by atoms with Crippen LogP contribution in [-0.4, -0.2) is 45.4 Å². The third-order valence-corrected chi connectivity index (χ3v) is 4.63. The summed E-state index contributed by atoms with van der Waals surface area (Å²) in [6.45, 7) is 0.389. The highest BCUT2D eigenvalue weighted by molar-refractivity contribution is 5.98. The van der Waals surface area contributed by atoms with Crippen LogP contribution in [0, 0.1) is 20.2 Å². The molecule has 0 saturated carbocycles. The second kappa shape index (κ2) is 8.90. The Morgan fingerprint density at radius 1 is 1.00 bits per heavy atom. The smallest absolute Gasteiger partial charge is 0.269 e. The van der Waals surface area contributed by atoms with Gasteiger partial charge in [0, 0.05) is 36.4 Å². The summed E-state index contributed by atoms with van der Waals surface area (Å²) in [5, 5.41) is 25.2. The van der Waals surface area contributed by atoms with E-state index in [0.717, 1.165) is 0 Å². The van der Waals surface area contributed by atoms with Crippen LogP contribution < -0.4 is 5.43 Å².